The number of nitrogens with zero attached hydrogens (tertiary/aromatic N) is 4. The first-order valence-corrected chi connectivity index (χ1v) is 14.2. The van der Waals surface area contributed by atoms with Crippen molar-refractivity contribution >= 4 is 21.7 Å². The second-order valence-electron chi connectivity index (χ2n) is 10.2. The summed E-state index contributed by atoms with van der Waals surface area (Å²) in [5.74, 6) is 1.10. The Bertz CT molecular complexity index is 1340. The van der Waals surface area contributed by atoms with Gasteiger partial charge in [0.05, 0.1) is 17.1 Å². The molecular formula is C27H35N5O4S. The first kappa shape index (κ1) is 26.7. The number of pyridine rings is 1. The maximum absolute atomic E-state index is 13.3. The number of carbonyl (C=O) groups excluding carboxylic acids is 1. The summed E-state index contributed by atoms with van der Waals surface area (Å²) in [7, 11) is -4.04. The number of hydrogen-bond acceptors (Lipinski definition) is 7. The first-order valence-electron chi connectivity index (χ1n) is 12.7. The molecule has 1 atom stereocenters. The van der Waals surface area contributed by atoms with Crippen LogP contribution in [0, 0.1) is 5.92 Å². The molecule has 3 aromatic rings. The maximum atomic E-state index is 13.3. The van der Waals surface area contributed by atoms with Crippen molar-refractivity contribution in [2.45, 2.75) is 63.8 Å². The van der Waals surface area contributed by atoms with Gasteiger partial charge in [-0.1, -0.05) is 44.9 Å². The molecule has 0 bridgehead atoms. The normalized spacial score (nSPS) is 17.1. The summed E-state index contributed by atoms with van der Waals surface area (Å²) in [6, 6.07) is 12.9. The van der Waals surface area contributed by atoms with Gasteiger partial charge >= 0.3 is 0 Å². The molecule has 1 amide bonds. The number of nitrogens with one attached hydrogen (secondary N) is 1. The fraction of sp³-hybridized carbons (Fsp3) is 0.444. The lowest BCUT2D eigenvalue weighted by Crippen LogP contribution is -2.41. The molecule has 3 heterocycles. The molecule has 198 valence electrons. The van der Waals surface area contributed by atoms with Crippen LogP contribution >= 0.6 is 0 Å². The van der Waals surface area contributed by atoms with Gasteiger partial charge in [0.2, 0.25) is 5.88 Å². The minimum Gasteiger partial charge on any atom is -0.477 e. The third-order valence-corrected chi connectivity index (χ3v) is 7.86. The van der Waals surface area contributed by atoms with Gasteiger partial charge in [-0.05, 0) is 56.9 Å². The van der Waals surface area contributed by atoms with Crippen molar-refractivity contribution in [2.75, 3.05) is 18.1 Å². The molecule has 10 heteroatoms. The third kappa shape index (κ3) is 6.12. The maximum Gasteiger partial charge on any atom is 0.268 e. The van der Waals surface area contributed by atoms with Crippen LogP contribution in [-0.4, -0.2) is 47.8 Å². The Balaban J connectivity index is 1.66. The SMILES string of the molecule is CCCCCOc1ccn(-c2ccc(C(=O)NS(=O)(=O)c3ccccc3)c(N3C[C@@H](C)CC3(C)C)n2)n1. The number of sulfonamides is 1. The summed E-state index contributed by atoms with van der Waals surface area (Å²) in [6.07, 6.45) is 5.85. The summed E-state index contributed by atoms with van der Waals surface area (Å²) in [4.78, 5) is 20.2. The van der Waals surface area contributed by atoms with Gasteiger partial charge in [0.25, 0.3) is 15.9 Å². The van der Waals surface area contributed by atoms with Crippen LogP contribution in [0.2, 0.25) is 0 Å². The Labute approximate surface area is 218 Å². The molecule has 0 unspecified atom stereocenters. The predicted octanol–water partition coefficient (Wildman–Crippen LogP) is 4.58. The van der Waals surface area contributed by atoms with Gasteiger partial charge in [0.15, 0.2) is 5.82 Å². The van der Waals surface area contributed by atoms with Gasteiger partial charge < -0.3 is 9.64 Å². The molecule has 1 saturated heterocycles. The highest BCUT2D eigenvalue weighted by atomic mass is 32.2. The molecule has 1 fully saturated rings. The highest BCUT2D eigenvalue weighted by Crippen LogP contribution is 2.37. The Morgan fingerprint density at radius 2 is 1.89 bits per heavy atom. The van der Waals surface area contributed by atoms with E-state index in [4.69, 9.17) is 9.72 Å². The molecule has 2 aromatic heterocycles. The van der Waals surface area contributed by atoms with Crippen LogP contribution in [0.3, 0.4) is 0 Å². The van der Waals surface area contributed by atoms with E-state index in [9.17, 15) is 13.2 Å². The zero-order valence-corrected chi connectivity index (χ0v) is 22.7. The minimum absolute atomic E-state index is 0.0209. The van der Waals surface area contributed by atoms with E-state index in [2.05, 4.69) is 42.4 Å². The van der Waals surface area contributed by atoms with Crippen LogP contribution < -0.4 is 14.4 Å². The van der Waals surface area contributed by atoms with Crippen LogP contribution in [-0.2, 0) is 10.0 Å². The molecule has 1 aromatic carbocycles. The summed E-state index contributed by atoms with van der Waals surface area (Å²) in [5.41, 5.74) is -0.0793. The van der Waals surface area contributed by atoms with E-state index in [0.29, 0.717) is 36.6 Å². The van der Waals surface area contributed by atoms with Crippen LogP contribution in [0.5, 0.6) is 5.88 Å². The molecule has 1 aliphatic heterocycles. The van der Waals surface area contributed by atoms with Crippen LogP contribution in [0.15, 0.2) is 59.6 Å². The van der Waals surface area contributed by atoms with Crippen molar-refractivity contribution in [1.82, 2.24) is 19.5 Å². The van der Waals surface area contributed by atoms with E-state index in [0.717, 1.165) is 25.7 Å². The van der Waals surface area contributed by atoms with Crippen molar-refractivity contribution in [3.8, 4) is 11.7 Å². The Hall–Kier alpha value is -3.40. The quantitative estimate of drug-likeness (QED) is 0.386. The van der Waals surface area contributed by atoms with Crippen molar-refractivity contribution in [2.24, 2.45) is 5.92 Å². The van der Waals surface area contributed by atoms with Crippen molar-refractivity contribution in [1.29, 1.82) is 0 Å². The molecule has 0 aliphatic carbocycles. The minimum atomic E-state index is -4.04. The van der Waals surface area contributed by atoms with E-state index >= 15 is 0 Å². The zero-order chi connectivity index (χ0) is 26.6. The Morgan fingerprint density at radius 3 is 2.57 bits per heavy atom. The largest absolute Gasteiger partial charge is 0.477 e. The first-order chi connectivity index (χ1) is 17.6. The lowest BCUT2D eigenvalue weighted by atomic mass is 9.97. The number of aromatic nitrogens is 3. The number of anilines is 1. The number of rotatable bonds is 10. The van der Waals surface area contributed by atoms with Gasteiger partial charge in [0, 0.05) is 24.3 Å². The Kier molecular flexibility index (Phi) is 7.87. The zero-order valence-electron chi connectivity index (χ0n) is 21.8. The van der Waals surface area contributed by atoms with Crippen molar-refractivity contribution in [3.05, 3.63) is 60.3 Å². The standard InChI is InChI=1S/C27H35N5O4S/c1-5-6-10-17-36-24-15-16-32(29-24)23-14-13-22(25(28-23)31-19-20(2)18-27(31,3)4)26(33)30-37(34,35)21-11-8-7-9-12-21/h7-9,11-16,20H,5-6,10,17-19H2,1-4H3,(H,30,33)/t20-/m0/s1. The number of hydrogen-bond donors (Lipinski definition) is 1. The molecular weight excluding hydrogens is 490 g/mol. The molecule has 4 rings (SSSR count). The van der Waals surface area contributed by atoms with Gasteiger partial charge in [-0.2, -0.15) is 0 Å². The molecule has 1 N–H and O–H groups in total. The van der Waals surface area contributed by atoms with Crippen molar-refractivity contribution < 1.29 is 17.9 Å². The highest BCUT2D eigenvalue weighted by molar-refractivity contribution is 7.90. The second-order valence-corrected chi connectivity index (χ2v) is 11.9. The van der Waals surface area contributed by atoms with Gasteiger partial charge in [-0.25, -0.2) is 22.8 Å². The molecule has 1 aliphatic rings. The lowest BCUT2D eigenvalue weighted by Gasteiger charge is -2.34. The summed E-state index contributed by atoms with van der Waals surface area (Å²) in [5, 5.41) is 4.49. The fourth-order valence-electron chi connectivity index (χ4n) is 4.78. The Morgan fingerprint density at radius 1 is 1.14 bits per heavy atom. The van der Waals surface area contributed by atoms with E-state index in [1.807, 2.05) is 0 Å². The van der Waals surface area contributed by atoms with Crippen molar-refractivity contribution in [3.63, 3.8) is 0 Å². The van der Waals surface area contributed by atoms with E-state index in [1.165, 1.54) is 12.1 Å². The molecule has 9 nitrogen and oxygen atoms in total. The monoisotopic (exact) mass is 525 g/mol. The molecule has 0 saturated carbocycles. The fourth-order valence-corrected chi connectivity index (χ4v) is 5.77. The topological polar surface area (TPSA) is 106 Å². The summed E-state index contributed by atoms with van der Waals surface area (Å²) >= 11 is 0. The van der Waals surface area contributed by atoms with Crippen LogP contribution in [0.4, 0.5) is 5.82 Å². The third-order valence-electron chi connectivity index (χ3n) is 6.51. The molecule has 0 radical (unpaired) electrons. The van der Waals surface area contributed by atoms with Gasteiger partial charge in [-0.15, -0.1) is 5.10 Å². The predicted molar refractivity (Wildman–Crippen MR) is 143 cm³/mol. The lowest BCUT2D eigenvalue weighted by molar-refractivity contribution is 0.0981. The molecule has 37 heavy (non-hydrogen) atoms. The highest BCUT2D eigenvalue weighted by Gasteiger charge is 2.39. The van der Waals surface area contributed by atoms with Crippen LogP contribution in [0.1, 0.15) is 63.7 Å². The van der Waals surface area contributed by atoms with Gasteiger partial charge in [0.1, 0.15) is 5.82 Å². The van der Waals surface area contributed by atoms with E-state index in [-0.39, 0.29) is 16.0 Å². The van der Waals surface area contributed by atoms with E-state index < -0.39 is 15.9 Å². The van der Waals surface area contributed by atoms with Crippen LogP contribution in [0.25, 0.3) is 5.82 Å². The number of unbranched alkanes of at least 4 members (excludes halogenated alkanes) is 2. The number of carbonyl (C=O) groups is 1. The number of amides is 1. The summed E-state index contributed by atoms with van der Waals surface area (Å²) in [6.45, 7) is 9.79. The van der Waals surface area contributed by atoms with Gasteiger partial charge in [-0.3, -0.25) is 4.79 Å². The smallest absolute Gasteiger partial charge is 0.268 e. The number of ether oxygens (including phenoxy) is 1. The average Bonchev–Trinajstić information content (AvgIpc) is 3.44. The average molecular weight is 526 g/mol. The second kappa shape index (κ2) is 10.9. The number of benzene rings is 1. The van der Waals surface area contributed by atoms with E-state index in [1.54, 1.807) is 47.3 Å². The molecule has 0 spiro atoms. The summed E-state index contributed by atoms with van der Waals surface area (Å²) < 4.78 is 35.3.